The Kier molecular flexibility index (Phi) is 5.23. The highest BCUT2D eigenvalue weighted by Crippen LogP contribution is 2.29. The quantitative estimate of drug-likeness (QED) is 0.863. The Morgan fingerprint density at radius 1 is 1.08 bits per heavy atom. The lowest BCUT2D eigenvalue weighted by Gasteiger charge is -2.09. The third kappa shape index (κ3) is 4.84. The summed E-state index contributed by atoms with van der Waals surface area (Å²) in [5.41, 5.74) is 0.248. The van der Waals surface area contributed by atoms with E-state index in [4.69, 9.17) is 4.74 Å². The number of esters is 1. The molecule has 126 valence electrons. The van der Waals surface area contributed by atoms with Crippen LogP contribution in [0.1, 0.15) is 21.5 Å². The van der Waals surface area contributed by atoms with E-state index in [-0.39, 0.29) is 5.56 Å². The molecule has 0 bridgehead atoms. The van der Waals surface area contributed by atoms with E-state index in [0.29, 0.717) is 11.8 Å². The molecule has 1 amide bonds. The second kappa shape index (κ2) is 7.16. The van der Waals surface area contributed by atoms with E-state index in [2.05, 4.69) is 5.32 Å². The highest BCUT2D eigenvalue weighted by atomic mass is 19.4. The SMILES string of the molecule is Cc1cccc(NC(=O)COC(=O)c2cccc(C(F)(F)F)c2)c1. The second-order valence-electron chi connectivity index (χ2n) is 5.07. The lowest BCUT2D eigenvalue weighted by Crippen LogP contribution is -2.21. The average molecular weight is 337 g/mol. The molecule has 0 fully saturated rings. The van der Waals surface area contributed by atoms with Crippen molar-refractivity contribution in [3.8, 4) is 0 Å². The molecule has 0 spiro atoms. The van der Waals surface area contributed by atoms with Crippen molar-refractivity contribution < 1.29 is 27.5 Å². The summed E-state index contributed by atoms with van der Waals surface area (Å²) < 4.78 is 42.6. The van der Waals surface area contributed by atoms with Crippen molar-refractivity contribution >= 4 is 17.6 Å². The number of hydrogen-bond donors (Lipinski definition) is 1. The van der Waals surface area contributed by atoms with Gasteiger partial charge in [0.15, 0.2) is 6.61 Å². The number of nitrogens with one attached hydrogen (secondary N) is 1. The van der Waals surface area contributed by atoms with Crippen LogP contribution in [0.4, 0.5) is 18.9 Å². The number of anilines is 1. The van der Waals surface area contributed by atoms with Crippen molar-refractivity contribution in [3.63, 3.8) is 0 Å². The average Bonchev–Trinajstić information content (AvgIpc) is 2.52. The van der Waals surface area contributed by atoms with Gasteiger partial charge in [-0.15, -0.1) is 0 Å². The van der Waals surface area contributed by atoms with Crippen LogP contribution in [0.3, 0.4) is 0 Å². The van der Waals surface area contributed by atoms with E-state index in [1.807, 2.05) is 13.0 Å². The molecule has 24 heavy (non-hydrogen) atoms. The van der Waals surface area contributed by atoms with Gasteiger partial charge in [0.25, 0.3) is 5.91 Å². The molecule has 0 aliphatic heterocycles. The van der Waals surface area contributed by atoms with E-state index in [1.54, 1.807) is 18.2 Å². The van der Waals surface area contributed by atoms with Gasteiger partial charge in [-0.25, -0.2) is 4.79 Å². The molecule has 0 saturated heterocycles. The van der Waals surface area contributed by atoms with Gasteiger partial charge in [0.2, 0.25) is 0 Å². The first-order valence-electron chi connectivity index (χ1n) is 6.96. The maximum absolute atomic E-state index is 12.6. The van der Waals surface area contributed by atoms with Crippen LogP contribution in [-0.2, 0) is 15.7 Å². The summed E-state index contributed by atoms with van der Waals surface area (Å²) in [7, 11) is 0. The normalized spacial score (nSPS) is 11.0. The van der Waals surface area contributed by atoms with Gasteiger partial charge in [-0.3, -0.25) is 4.79 Å². The van der Waals surface area contributed by atoms with Gasteiger partial charge in [0, 0.05) is 5.69 Å². The van der Waals surface area contributed by atoms with Gasteiger partial charge in [0.05, 0.1) is 11.1 Å². The molecule has 0 radical (unpaired) electrons. The van der Waals surface area contributed by atoms with Crippen LogP contribution in [0.15, 0.2) is 48.5 Å². The lowest BCUT2D eigenvalue weighted by atomic mass is 10.1. The first-order valence-corrected chi connectivity index (χ1v) is 6.96. The molecule has 2 rings (SSSR count). The van der Waals surface area contributed by atoms with Gasteiger partial charge >= 0.3 is 12.1 Å². The number of hydrogen-bond acceptors (Lipinski definition) is 3. The fraction of sp³-hybridized carbons (Fsp3) is 0.176. The molecule has 1 N–H and O–H groups in total. The number of aryl methyl sites for hydroxylation is 1. The molecule has 0 aliphatic carbocycles. The zero-order valence-corrected chi connectivity index (χ0v) is 12.7. The highest BCUT2D eigenvalue weighted by Gasteiger charge is 2.31. The van der Waals surface area contributed by atoms with Crippen molar-refractivity contribution in [1.82, 2.24) is 0 Å². The predicted octanol–water partition coefficient (Wildman–Crippen LogP) is 3.81. The van der Waals surface area contributed by atoms with Crippen molar-refractivity contribution in [2.75, 3.05) is 11.9 Å². The van der Waals surface area contributed by atoms with E-state index in [0.717, 1.165) is 17.7 Å². The minimum Gasteiger partial charge on any atom is -0.452 e. The van der Waals surface area contributed by atoms with Crippen LogP contribution in [0.25, 0.3) is 0 Å². The number of alkyl halides is 3. The number of rotatable bonds is 4. The fourth-order valence-electron chi connectivity index (χ4n) is 1.96. The van der Waals surface area contributed by atoms with Gasteiger partial charge in [-0.05, 0) is 42.8 Å². The van der Waals surface area contributed by atoms with Crippen LogP contribution in [0, 0.1) is 6.92 Å². The monoisotopic (exact) mass is 337 g/mol. The molecular weight excluding hydrogens is 323 g/mol. The Balaban J connectivity index is 1.94. The van der Waals surface area contributed by atoms with E-state index >= 15 is 0 Å². The number of ether oxygens (including phenoxy) is 1. The van der Waals surface area contributed by atoms with E-state index < -0.39 is 30.2 Å². The van der Waals surface area contributed by atoms with Gasteiger partial charge in [-0.1, -0.05) is 18.2 Å². The zero-order chi connectivity index (χ0) is 17.7. The molecule has 0 saturated carbocycles. The maximum atomic E-state index is 12.6. The van der Waals surface area contributed by atoms with Crippen LogP contribution >= 0.6 is 0 Å². The smallest absolute Gasteiger partial charge is 0.416 e. The number of halogens is 3. The molecule has 4 nitrogen and oxygen atoms in total. The lowest BCUT2D eigenvalue weighted by molar-refractivity contribution is -0.137. The predicted molar refractivity (Wildman–Crippen MR) is 81.5 cm³/mol. The van der Waals surface area contributed by atoms with Gasteiger partial charge in [0.1, 0.15) is 0 Å². The molecule has 2 aromatic carbocycles. The molecule has 0 heterocycles. The van der Waals surface area contributed by atoms with Gasteiger partial charge in [-0.2, -0.15) is 13.2 Å². The third-order valence-corrected chi connectivity index (χ3v) is 3.06. The topological polar surface area (TPSA) is 55.4 Å². The number of carbonyl (C=O) groups is 2. The third-order valence-electron chi connectivity index (χ3n) is 3.06. The van der Waals surface area contributed by atoms with Crippen LogP contribution < -0.4 is 5.32 Å². The summed E-state index contributed by atoms with van der Waals surface area (Å²) >= 11 is 0. The summed E-state index contributed by atoms with van der Waals surface area (Å²) in [6, 6.07) is 10.8. The Labute approximate surface area is 136 Å². The van der Waals surface area contributed by atoms with Crippen molar-refractivity contribution in [1.29, 1.82) is 0 Å². The number of amides is 1. The van der Waals surface area contributed by atoms with Crippen molar-refractivity contribution in [2.24, 2.45) is 0 Å². The Bertz CT molecular complexity index is 757. The van der Waals surface area contributed by atoms with Gasteiger partial charge < -0.3 is 10.1 Å². The minimum atomic E-state index is -4.56. The van der Waals surface area contributed by atoms with Crippen molar-refractivity contribution in [3.05, 3.63) is 65.2 Å². The summed E-state index contributed by atoms with van der Waals surface area (Å²) in [6.45, 7) is 1.26. The molecule has 2 aromatic rings. The van der Waals surface area contributed by atoms with Crippen LogP contribution in [-0.4, -0.2) is 18.5 Å². The zero-order valence-electron chi connectivity index (χ0n) is 12.7. The van der Waals surface area contributed by atoms with Crippen molar-refractivity contribution in [2.45, 2.75) is 13.1 Å². The fourth-order valence-corrected chi connectivity index (χ4v) is 1.96. The standard InChI is InChI=1S/C17H14F3NO3/c1-11-4-2-7-14(8-11)21-15(22)10-24-16(23)12-5-3-6-13(9-12)17(18,19)20/h2-9H,10H2,1H3,(H,21,22). The summed E-state index contributed by atoms with van der Waals surface area (Å²) in [6.07, 6.45) is -4.56. The number of carbonyl (C=O) groups excluding carboxylic acids is 2. The maximum Gasteiger partial charge on any atom is 0.416 e. The summed E-state index contributed by atoms with van der Waals surface area (Å²) in [4.78, 5) is 23.5. The highest BCUT2D eigenvalue weighted by molar-refractivity contribution is 5.95. The molecule has 0 unspecified atom stereocenters. The Morgan fingerprint density at radius 2 is 1.79 bits per heavy atom. The van der Waals surface area contributed by atoms with E-state index in [1.165, 1.54) is 6.07 Å². The molecule has 7 heteroatoms. The first-order chi connectivity index (χ1) is 11.3. The first kappa shape index (κ1) is 17.5. The van der Waals surface area contributed by atoms with Crippen LogP contribution in [0.5, 0.6) is 0 Å². The van der Waals surface area contributed by atoms with E-state index in [9.17, 15) is 22.8 Å². The largest absolute Gasteiger partial charge is 0.452 e. The Morgan fingerprint density at radius 3 is 2.46 bits per heavy atom. The number of benzene rings is 2. The Hall–Kier alpha value is -2.83. The second-order valence-corrected chi connectivity index (χ2v) is 5.07. The molecule has 0 aliphatic rings. The summed E-state index contributed by atoms with van der Waals surface area (Å²) in [5, 5.41) is 2.53. The van der Waals surface area contributed by atoms with Crippen LogP contribution in [0.2, 0.25) is 0 Å². The summed E-state index contributed by atoms with van der Waals surface area (Å²) in [5.74, 6) is -1.58. The molecule has 0 aromatic heterocycles. The minimum absolute atomic E-state index is 0.270. The molecule has 0 atom stereocenters. The molecular formula is C17H14F3NO3.